The van der Waals surface area contributed by atoms with Crippen molar-refractivity contribution in [3.63, 3.8) is 0 Å². The van der Waals surface area contributed by atoms with Crippen molar-refractivity contribution in [3.05, 3.63) is 47.0 Å². The third kappa shape index (κ3) is 6.81. The third-order valence-corrected chi connectivity index (χ3v) is 8.32. The number of benzene rings is 1. The van der Waals surface area contributed by atoms with Gasteiger partial charge in [-0.2, -0.15) is 9.97 Å². The molecule has 2 aliphatic heterocycles. The molecular weight excluding hydrogens is 532 g/mol. The zero-order valence-electron chi connectivity index (χ0n) is 25.1. The Kier molecular flexibility index (Phi) is 9.85. The van der Waals surface area contributed by atoms with Crippen molar-refractivity contribution in [2.75, 3.05) is 55.8 Å². The molecule has 3 aromatic rings. The fraction of sp³-hybridized carbons (Fsp3) is 0.567. The minimum Gasteiger partial charge on any atom is -0.463 e. The number of likely N-dealkylation sites (N-methyl/N-ethyl adjacent to an activating group) is 1. The molecule has 0 unspecified atom stereocenters. The molecule has 0 bridgehead atoms. The molecule has 42 heavy (non-hydrogen) atoms. The number of anilines is 3. The second-order valence-electron chi connectivity index (χ2n) is 11.1. The molecule has 1 amide bonds. The predicted molar refractivity (Wildman–Crippen MR) is 163 cm³/mol. The number of aromatic nitrogens is 5. The Morgan fingerprint density at radius 3 is 2.50 bits per heavy atom. The number of nitrogen functional groups attached to an aromatic ring is 1. The second-order valence-corrected chi connectivity index (χ2v) is 11.1. The average molecular weight is 577 g/mol. The minimum absolute atomic E-state index is 0.174. The summed E-state index contributed by atoms with van der Waals surface area (Å²) in [5.41, 5.74) is 8.91. The lowest BCUT2D eigenvalue weighted by Crippen LogP contribution is -2.36. The summed E-state index contributed by atoms with van der Waals surface area (Å²) < 4.78 is 8.04. The average Bonchev–Trinajstić information content (AvgIpc) is 3.44. The number of rotatable bonds is 13. The molecule has 12 heteroatoms. The molecule has 0 radical (unpaired) electrons. The van der Waals surface area contributed by atoms with Crippen LogP contribution >= 0.6 is 0 Å². The molecule has 5 rings (SSSR count). The van der Waals surface area contributed by atoms with E-state index >= 15 is 0 Å². The van der Waals surface area contributed by atoms with Crippen molar-refractivity contribution < 1.29 is 9.53 Å². The first-order chi connectivity index (χ1) is 20.5. The predicted octanol–water partition coefficient (Wildman–Crippen LogP) is 3.25. The van der Waals surface area contributed by atoms with E-state index in [1.807, 2.05) is 0 Å². The molecule has 0 saturated carbocycles. The second kappa shape index (κ2) is 13.9. The van der Waals surface area contributed by atoms with Crippen LogP contribution in [0.5, 0.6) is 6.01 Å². The summed E-state index contributed by atoms with van der Waals surface area (Å²) >= 11 is 0. The van der Waals surface area contributed by atoms with E-state index in [1.54, 1.807) is 7.05 Å². The van der Waals surface area contributed by atoms with Gasteiger partial charge in [0.05, 0.1) is 19.7 Å². The first-order valence-electron chi connectivity index (χ1n) is 15.2. The van der Waals surface area contributed by atoms with E-state index in [2.05, 4.69) is 78.0 Å². The van der Waals surface area contributed by atoms with Crippen molar-refractivity contribution in [2.45, 2.75) is 71.6 Å². The zero-order valence-corrected chi connectivity index (χ0v) is 25.1. The fourth-order valence-electron chi connectivity index (χ4n) is 5.78. The van der Waals surface area contributed by atoms with Crippen LogP contribution < -0.4 is 20.7 Å². The lowest BCUT2D eigenvalue weighted by Gasteiger charge is -2.33. The number of fused-ring (bicyclic) bond motifs is 1. The van der Waals surface area contributed by atoms with E-state index in [1.165, 1.54) is 16.3 Å². The third-order valence-electron chi connectivity index (χ3n) is 8.32. The molecule has 0 atom stereocenters. The quantitative estimate of drug-likeness (QED) is 0.231. The lowest BCUT2D eigenvalue weighted by atomic mass is 9.95. The van der Waals surface area contributed by atoms with Gasteiger partial charge in [-0.3, -0.25) is 19.5 Å². The summed E-state index contributed by atoms with van der Waals surface area (Å²) in [5.74, 6) is 3.40. The van der Waals surface area contributed by atoms with Crippen molar-refractivity contribution in [1.29, 1.82) is 0 Å². The first-order valence-corrected chi connectivity index (χ1v) is 15.2. The largest absolute Gasteiger partial charge is 0.463 e. The molecule has 0 spiro atoms. The highest BCUT2D eigenvalue weighted by Crippen LogP contribution is 2.31. The molecule has 4 heterocycles. The summed E-state index contributed by atoms with van der Waals surface area (Å²) in [6.07, 6.45) is 4.84. The molecule has 2 aliphatic rings. The maximum atomic E-state index is 12.1. The molecule has 1 fully saturated rings. The molecular formula is C30H44N10O2. The van der Waals surface area contributed by atoms with Gasteiger partial charge in [0, 0.05) is 32.6 Å². The van der Waals surface area contributed by atoms with Gasteiger partial charge in [-0.05, 0) is 50.0 Å². The number of hydrogen-bond donors (Lipinski definition) is 2. The normalized spacial score (nSPS) is 16.3. The molecule has 226 valence electrons. The number of amides is 1. The number of likely N-dealkylation sites (tertiary alicyclic amines) is 1. The summed E-state index contributed by atoms with van der Waals surface area (Å²) in [7, 11) is 1.73. The number of nitrogens with zero attached hydrogens (tertiary/aromatic N) is 8. The van der Waals surface area contributed by atoms with Gasteiger partial charge in [0.25, 0.3) is 0 Å². The van der Waals surface area contributed by atoms with Gasteiger partial charge in [0.1, 0.15) is 17.3 Å². The highest BCUT2D eigenvalue weighted by Gasteiger charge is 2.28. The molecule has 12 nitrogen and oxygen atoms in total. The van der Waals surface area contributed by atoms with E-state index in [4.69, 9.17) is 10.5 Å². The van der Waals surface area contributed by atoms with Crippen molar-refractivity contribution in [2.24, 2.45) is 0 Å². The number of carbonyl (C=O) groups excluding carboxylic acids is 1. The van der Waals surface area contributed by atoms with Gasteiger partial charge in [-0.15, -0.1) is 10.2 Å². The zero-order chi connectivity index (χ0) is 29.5. The van der Waals surface area contributed by atoms with Gasteiger partial charge in [-0.1, -0.05) is 44.5 Å². The monoisotopic (exact) mass is 576 g/mol. The number of carbonyl (C=O) groups is 1. The highest BCUT2D eigenvalue weighted by atomic mass is 16.5. The van der Waals surface area contributed by atoms with Gasteiger partial charge in [0.2, 0.25) is 6.41 Å². The Balaban J connectivity index is 1.17. The van der Waals surface area contributed by atoms with Gasteiger partial charge in [0.15, 0.2) is 11.6 Å². The summed E-state index contributed by atoms with van der Waals surface area (Å²) in [6, 6.07) is 8.61. The number of nitrogens with two attached hydrogens (primary N) is 1. The fourth-order valence-corrected chi connectivity index (χ4v) is 5.78. The van der Waals surface area contributed by atoms with Crippen LogP contribution in [0.2, 0.25) is 0 Å². The van der Waals surface area contributed by atoms with Crippen LogP contribution in [-0.4, -0.2) is 80.8 Å². The van der Waals surface area contributed by atoms with Gasteiger partial charge in [-0.25, -0.2) is 0 Å². The van der Waals surface area contributed by atoms with E-state index in [0.29, 0.717) is 30.6 Å². The minimum atomic E-state index is 0.174. The van der Waals surface area contributed by atoms with Crippen LogP contribution in [0.4, 0.5) is 17.3 Å². The van der Waals surface area contributed by atoms with Gasteiger partial charge < -0.3 is 20.4 Å². The smallest absolute Gasteiger partial charge is 0.320 e. The summed E-state index contributed by atoms with van der Waals surface area (Å²) in [6.45, 7) is 12.1. The molecule has 1 aromatic carbocycles. The van der Waals surface area contributed by atoms with Crippen LogP contribution in [0.3, 0.4) is 0 Å². The van der Waals surface area contributed by atoms with Crippen molar-refractivity contribution in [1.82, 2.24) is 34.5 Å². The Labute approximate surface area is 248 Å². The topological polar surface area (TPSA) is 131 Å². The Morgan fingerprint density at radius 2 is 1.81 bits per heavy atom. The van der Waals surface area contributed by atoms with E-state index in [-0.39, 0.29) is 11.8 Å². The Hall–Kier alpha value is -3.77. The SMILES string of the molecule is CCCCOc1nc(N)c(NC)c(N(C=O)Cc2ccc(CN3CCC(c4nnc5n4CCN(CC)C5)CC3)cc2)n1. The molecule has 0 aliphatic carbocycles. The first kappa shape index (κ1) is 29.7. The van der Waals surface area contributed by atoms with E-state index in [0.717, 1.165) is 89.3 Å². The van der Waals surface area contributed by atoms with Crippen molar-refractivity contribution >= 4 is 23.7 Å². The summed E-state index contributed by atoms with van der Waals surface area (Å²) in [5, 5.41) is 12.1. The van der Waals surface area contributed by atoms with Gasteiger partial charge >= 0.3 is 6.01 Å². The standard InChI is InChI=1S/C30H44N10O2/c1-4-6-17-42-30-33-27(31)26(32-3)29(34-30)39(21-41)19-23-9-7-22(8-10-23)18-38-13-11-24(12-14-38)28-36-35-25-20-37(5-2)15-16-40(25)28/h7-10,21,24,32H,4-6,11-20H2,1-3H3,(H2,31,33,34). The Morgan fingerprint density at radius 1 is 1.05 bits per heavy atom. The number of ether oxygens (including phenoxy) is 1. The molecule has 1 saturated heterocycles. The number of unbranched alkanes of at least 4 members (excludes halogenated alkanes) is 1. The lowest BCUT2D eigenvalue weighted by molar-refractivity contribution is -0.107. The molecule has 2 aromatic heterocycles. The van der Waals surface area contributed by atoms with Crippen LogP contribution in [0.1, 0.15) is 68.2 Å². The van der Waals surface area contributed by atoms with Crippen LogP contribution in [0.25, 0.3) is 0 Å². The van der Waals surface area contributed by atoms with E-state index in [9.17, 15) is 4.79 Å². The van der Waals surface area contributed by atoms with Crippen molar-refractivity contribution in [3.8, 4) is 6.01 Å². The number of nitrogens with one attached hydrogen (secondary N) is 1. The summed E-state index contributed by atoms with van der Waals surface area (Å²) in [4.78, 5) is 27.3. The number of piperidine rings is 1. The maximum absolute atomic E-state index is 12.1. The van der Waals surface area contributed by atoms with Crippen LogP contribution in [-0.2, 0) is 31.0 Å². The molecule has 3 N–H and O–H groups in total. The maximum Gasteiger partial charge on any atom is 0.320 e. The van der Waals surface area contributed by atoms with Crippen LogP contribution in [0, 0.1) is 0 Å². The van der Waals surface area contributed by atoms with Crippen LogP contribution in [0.15, 0.2) is 24.3 Å². The number of hydrogen-bond acceptors (Lipinski definition) is 10. The van der Waals surface area contributed by atoms with E-state index < -0.39 is 0 Å². The highest BCUT2D eigenvalue weighted by molar-refractivity contribution is 5.85. The Bertz CT molecular complexity index is 1320.